The molecule has 1 unspecified atom stereocenters. The fraction of sp³-hybridized carbons (Fsp3) is 0.310. The Kier molecular flexibility index (Phi) is 6.78. The number of carbonyl (C=O) groups is 1. The molecule has 0 saturated carbocycles. The second kappa shape index (κ2) is 10.3. The number of benzene rings is 2. The number of nitrogens with zero attached hydrogens (tertiary/aromatic N) is 4. The molecule has 0 spiro atoms. The molecule has 6 rings (SSSR count). The van der Waals surface area contributed by atoms with E-state index in [9.17, 15) is 9.59 Å². The monoisotopic (exact) mass is 559 g/mol. The van der Waals surface area contributed by atoms with Gasteiger partial charge in [-0.25, -0.2) is 8.97 Å². The van der Waals surface area contributed by atoms with Crippen LogP contribution in [0.3, 0.4) is 0 Å². The van der Waals surface area contributed by atoms with E-state index in [0.717, 1.165) is 27.4 Å². The number of para-hydroxylation sites is 1. The Bertz CT molecular complexity index is 1720. The highest BCUT2D eigenvalue weighted by molar-refractivity contribution is 7.99. The molecule has 0 radical (unpaired) electrons. The van der Waals surface area contributed by atoms with E-state index in [1.165, 1.54) is 17.3 Å². The van der Waals surface area contributed by atoms with E-state index in [0.29, 0.717) is 29.3 Å². The first-order valence-corrected chi connectivity index (χ1v) is 14.7. The number of ether oxygens (including phenoxy) is 1. The van der Waals surface area contributed by atoms with Gasteiger partial charge in [0.25, 0.3) is 5.56 Å². The Labute approximate surface area is 234 Å². The third-order valence-corrected chi connectivity index (χ3v) is 8.96. The lowest BCUT2D eigenvalue weighted by atomic mass is 9.94. The lowest BCUT2D eigenvalue weighted by molar-refractivity contribution is -0.119. The average Bonchev–Trinajstić information content (AvgIpc) is 3.49. The molecule has 1 atom stereocenters. The van der Waals surface area contributed by atoms with Crippen LogP contribution >= 0.6 is 23.1 Å². The van der Waals surface area contributed by atoms with E-state index in [4.69, 9.17) is 4.74 Å². The van der Waals surface area contributed by atoms with Gasteiger partial charge in [-0.15, -0.1) is 21.5 Å². The van der Waals surface area contributed by atoms with Crippen LogP contribution in [-0.2, 0) is 29.0 Å². The number of nitrogens with one attached hydrogen (secondary N) is 1. The molecule has 5 aromatic rings. The van der Waals surface area contributed by atoms with Gasteiger partial charge >= 0.3 is 0 Å². The molecule has 1 aliphatic heterocycles. The fourth-order valence-corrected chi connectivity index (χ4v) is 7.10. The zero-order chi connectivity index (χ0) is 27.1. The molecule has 0 bridgehead atoms. The van der Waals surface area contributed by atoms with E-state index < -0.39 is 0 Å². The lowest BCUT2D eigenvalue weighted by Gasteiger charge is -2.29. The van der Waals surface area contributed by atoms with Crippen LogP contribution in [0.4, 0.5) is 0 Å². The molecule has 2 aromatic carbocycles. The second-order valence-electron chi connectivity index (χ2n) is 10.5. The zero-order valence-corrected chi connectivity index (χ0v) is 23.6. The molecule has 39 heavy (non-hydrogen) atoms. The summed E-state index contributed by atoms with van der Waals surface area (Å²) in [5.74, 6) is 0.541. The summed E-state index contributed by atoms with van der Waals surface area (Å²) in [7, 11) is 0. The molecular weight excluding hydrogens is 530 g/mol. The number of hydrogen-bond acceptors (Lipinski definition) is 7. The Morgan fingerprint density at radius 3 is 2.59 bits per heavy atom. The van der Waals surface area contributed by atoms with Crippen LogP contribution < -0.4 is 10.9 Å². The van der Waals surface area contributed by atoms with Crippen molar-refractivity contribution in [3.63, 3.8) is 0 Å². The van der Waals surface area contributed by atoms with Gasteiger partial charge in [0, 0.05) is 17.3 Å². The van der Waals surface area contributed by atoms with Crippen molar-refractivity contribution in [1.82, 2.24) is 24.5 Å². The molecule has 0 fully saturated rings. The molecular formula is C29H29N5O3S2. The van der Waals surface area contributed by atoms with Crippen molar-refractivity contribution < 1.29 is 9.53 Å². The Hall–Kier alpha value is -3.47. The topological polar surface area (TPSA) is 90.5 Å². The number of amides is 1. The molecule has 0 saturated heterocycles. The summed E-state index contributed by atoms with van der Waals surface area (Å²) in [5, 5.41) is 13.2. The van der Waals surface area contributed by atoms with Crippen molar-refractivity contribution in [1.29, 1.82) is 0 Å². The summed E-state index contributed by atoms with van der Waals surface area (Å²) >= 11 is 2.86. The van der Waals surface area contributed by atoms with Gasteiger partial charge in [-0.2, -0.15) is 0 Å². The number of carbonyl (C=O) groups excluding carboxylic acids is 1. The third-order valence-electron chi connectivity index (χ3n) is 6.84. The number of aromatic nitrogens is 4. The van der Waals surface area contributed by atoms with Gasteiger partial charge in [-0.1, -0.05) is 60.3 Å². The first-order valence-electron chi connectivity index (χ1n) is 12.9. The normalized spacial score (nSPS) is 15.4. The number of hydrogen-bond donors (Lipinski definition) is 1. The summed E-state index contributed by atoms with van der Waals surface area (Å²) in [6.45, 7) is 6.56. The minimum atomic E-state index is -0.362. The van der Waals surface area contributed by atoms with E-state index in [1.54, 1.807) is 15.9 Å². The van der Waals surface area contributed by atoms with Crippen molar-refractivity contribution in [3.8, 4) is 5.69 Å². The van der Waals surface area contributed by atoms with E-state index >= 15 is 0 Å². The predicted molar refractivity (Wildman–Crippen MR) is 155 cm³/mol. The molecule has 1 amide bonds. The molecule has 0 aliphatic carbocycles. The highest BCUT2D eigenvalue weighted by Gasteiger charge is 2.32. The highest BCUT2D eigenvalue weighted by Crippen LogP contribution is 2.39. The SMILES string of the molecule is CC(Cc1ccccc1)NC(=O)CSc1nnc2n(-c3ccccc3)c(=O)c3c4c(sc3n12)COC(C)(C)C4. The zero-order valence-electron chi connectivity index (χ0n) is 22.0. The fourth-order valence-electron chi connectivity index (χ4n) is 5.07. The Morgan fingerprint density at radius 1 is 1.13 bits per heavy atom. The summed E-state index contributed by atoms with van der Waals surface area (Å²) in [4.78, 5) is 28.7. The summed E-state index contributed by atoms with van der Waals surface area (Å²) < 4.78 is 9.60. The Morgan fingerprint density at radius 2 is 1.85 bits per heavy atom. The van der Waals surface area contributed by atoms with Gasteiger partial charge in [-0.05, 0) is 50.5 Å². The minimum absolute atomic E-state index is 0.00186. The summed E-state index contributed by atoms with van der Waals surface area (Å²) in [6.07, 6.45) is 1.40. The number of thiophene rings is 1. The molecule has 1 N–H and O–H groups in total. The van der Waals surface area contributed by atoms with Crippen LogP contribution in [-0.4, -0.2) is 42.5 Å². The van der Waals surface area contributed by atoms with Crippen LogP contribution in [0.5, 0.6) is 0 Å². The maximum atomic E-state index is 14.0. The maximum absolute atomic E-state index is 14.0. The van der Waals surface area contributed by atoms with Crippen LogP contribution in [0.2, 0.25) is 0 Å². The first kappa shape index (κ1) is 25.8. The number of fused-ring (bicyclic) bond motifs is 5. The van der Waals surface area contributed by atoms with Crippen LogP contribution in [0, 0.1) is 0 Å². The Balaban J connectivity index is 1.37. The van der Waals surface area contributed by atoms with E-state index in [2.05, 4.69) is 27.6 Å². The second-order valence-corrected chi connectivity index (χ2v) is 12.5. The van der Waals surface area contributed by atoms with Gasteiger partial charge < -0.3 is 10.1 Å². The van der Waals surface area contributed by atoms with Crippen molar-refractivity contribution in [3.05, 3.63) is 87.0 Å². The first-order chi connectivity index (χ1) is 18.8. The van der Waals surface area contributed by atoms with Crippen LogP contribution in [0.1, 0.15) is 36.8 Å². The van der Waals surface area contributed by atoms with E-state index in [-0.39, 0.29) is 28.9 Å². The molecule has 1 aliphatic rings. The van der Waals surface area contributed by atoms with Crippen molar-refractivity contribution in [2.45, 2.75) is 57.0 Å². The maximum Gasteiger partial charge on any atom is 0.268 e. The largest absolute Gasteiger partial charge is 0.370 e. The summed E-state index contributed by atoms with van der Waals surface area (Å²) in [6, 6.07) is 19.6. The van der Waals surface area contributed by atoms with Gasteiger partial charge in [0.2, 0.25) is 11.7 Å². The smallest absolute Gasteiger partial charge is 0.268 e. The lowest BCUT2D eigenvalue weighted by Crippen LogP contribution is -2.35. The predicted octanol–water partition coefficient (Wildman–Crippen LogP) is 4.79. The number of thioether (sulfide) groups is 1. The van der Waals surface area contributed by atoms with Gasteiger partial charge in [-0.3, -0.25) is 9.59 Å². The standard InChI is InChI=1S/C29H29N5O3S2/c1-18(14-19-10-6-4-7-11-19)30-23(35)17-38-28-32-31-27-33(20-12-8-5-9-13-20)25(36)24-21-15-29(2,3)37-16-22(21)39-26(24)34(27)28/h4-13,18H,14-17H2,1-3H3,(H,30,35). The van der Waals surface area contributed by atoms with Crippen molar-refractivity contribution in [2.75, 3.05) is 5.75 Å². The van der Waals surface area contributed by atoms with E-state index in [1.807, 2.05) is 73.7 Å². The minimum Gasteiger partial charge on any atom is -0.370 e. The molecule has 3 aromatic heterocycles. The summed E-state index contributed by atoms with van der Waals surface area (Å²) in [5.41, 5.74) is 2.45. The number of rotatable bonds is 7. The van der Waals surface area contributed by atoms with Gasteiger partial charge in [0.05, 0.1) is 29.0 Å². The average molecular weight is 560 g/mol. The van der Waals surface area contributed by atoms with Gasteiger partial charge in [0.15, 0.2) is 5.16 Å². The molecule has 200 valence electrons. The third kappa shape index (κ3) is 4.99. The van der Waals surface area contributed by atoms with Crippen molar-refractivity contribution >= 4 is 45.0 Å². The molecule has 10 heteroatoms. The molecule has 8 nitrogen and oxygen atoms in total. The van der Waals surface area contributed by atoms with Crippen molar-refractivity contribution in [2.24, 2.45) is 0 Å². The van der Waals surface area contributed by atoms with Gasteiger partial charge in [0.1, 0.15) is 4.83 Å². The van der Waals surface area contributed by atoms with Crippen LogP contribution in [0.15, 0.2) is 70.6 Å². The molecule has 4 heterocycles. The highest BCUT2D eigenvalue weighted by atomic mass is 32.2. The van der Waals surface area contributed by atoms with Crippen LogP contribution in [0.25, 0.3) is 21.7 Å². The quantitative estimate of drug-likeness (QED) is 0.289.